The van der Waals surface area contributed by atoms with Gasteiger partial charge in [0, 0.05) is 45.5 Å². The van der Waals surface area contributed by atoms with Crippen LogP contribution >= 0.6 is 0 Å². The van der Waals surface area contributed by atoms with Crippen molar-refractivity contribution in [1.82, 2.24) is 24.8 Å². The molecule has 4 rings (SSSR count). The second kappa shape index (κ2) is 11.0. The largest absolute Gasteiger partial charge is 0.394 e. The third-order valence-electron chi connectivity index (χ3n) is 6.47. The number of aryl methyl sites for hydroxylation is 1. The number of hydrogen-bond acceptors (Lipinski definition) is 7. The first kappa shape index (κ1) is 23.5. The van der Waals surface area contributed by atoms with Gasteiger partial charge in [-0.25, -0.2) is 4.98 Å². The highest BCUT2D eigenvalue weighted by atomic mass is 16.3. The number of hydrogen-bond donors (Lipinski definition) is 4. The lowest BCUT2D eigenvalue weighted by molar-refractivity contribution is 0.233. The van der Waals surface area contributed by atoms with Crippen molar-refractivity contribution in [2.75, 3.05) is 43.8 Å². The van der Waals surface area contributed by atoms with Crippen molar-refractivity contribution in [3.63, 3.8) is 0 Å². The van der Waals surface area contributed by atoms with E-state index in [1.165, 1.54) is 16.7 Å². The van der Waals surface area contributed by atoms with Crippen LogP contribution in [0.1, 0.15) is 42.9 Å². The normalized spacial score (nSPS) is 15.7. The van der Waals surface area contributed by atoms with E-state index in [-0.39, 0.29) is 18.6 Å². The van der Waals surface area contributed by atoms with Crippen LogP contribution in [0.3, 0.4) is 0 Å². The van der Waals surface area contributed by atoms with Gasteiger partial charge in [0.1, 0.15) is 5.52 Å². The lowest BCUT2D eigenvalue weighted by Crippen LogP contribution is -2.42. The van der Waals surface area contributed by atoms with Crippen molar-refractivity contribution < 1.29 is 5.11 Å². The van der Waals surface area contributed by atoms with Crippen molar-refractivity contribution in [2.24, 2.45) is 0 Å². The van der Waals surface area contributed by atoms with E-state index >= 15 is 0 Å². The number of fused-ring (bicyclic) bond motifs is 1. The average molecular weight is 452 g/mol. The van der Waals surface area contributed by atoms with E-state index in [9.17, 15) is 5.11 Å². The number of aromatic nitrogens is 3. The van der Waals surface area contributed by atoms with E-state index in [1.807, 2.05) is 12.3 Å². The molecule has 0 unspecified atom stereocenters. The third-order valence-corrected chi connectivity index (χ3v) is 6.47. The molecule has 1 aromatic carbocycles. The van der Waals surface area contributed by atoms with Crippen molar-refractivity contribution in [3.8, 4) is 0 Å². The van der Waals surface area contributed by atoms with Crippen molar-refractivity contribution >= 4 is 22.8 Å². The van der Waals surface area contributed by atoms with E-state index in [2.05, 4.69) is 62.1 Å². The number of unbranched alkanes of at least 4 members (excludes halogenated alkanes) is 1. The molecule has 0 aliphatic carbocycles. The standard InChI is InChI=1S/C25H37N7O/c1-3-4-5-21(17-33)28-24-23-22(29-25(26)30-24)8-11-32(23)16-20-14-19(7-6-18(20)2)15-31-12-9-27-10-13-31/h6-8,11,14,21,27,33H,3-5,9-10,12-13,15-17H2,1-2H3,(H3,26,28,29,30)/t21-/m0/s1. The van der Waals surface area contributed by atoms with E-state index in [4.69, 9.17) is 5.73 Å². The first-order valence-electron chi connectivity index (χ1n) is 12.1. The Bertz CT molecular complexity index is 1060. The predicted octanol–water partition coefficient (Wildman–Crippen LogP) is 2.74. The van der Waals surface area contributed by atoms with Crippen LogP contribution in [0.4, 0.5) is 11.8 Å². The second-order valence-corrected chi connectivity index (χ2v) is 9.06. The molecular weight excluding hydrogens is 414 g/mol. The Labute approximate surface area is 196 Å². The van der Waals surface area contributed by atoms with Crippen LogP contribution in [0.15, 0.2) is 30.5 Å². The molecule has 0 amide bonds. The van der Waals surface area contributed by atoms with Gasteiger partial charge in [0.2, 0.25) is 5.95 Å². The van der Waals surface area contributed by atoms with Crippen molar-refractivity contribution in [1.29, 1.82) is 0 Å². The van der Waals surface area contributed by atoms with Gasteiger partial charge in [-0.3, -0.25) is 4.90 Å². The topological polar surface area (TPSA) is 104 Å². The number of nitrogen functional groups attached to an aromatic ring is 1. The molecule has 33 heavy (non-hydrogen) atoms. The number of nitrogens with zero attached hydrogens (tertiary/aromatic N) is 4. The van der Waals surface area contributed by atoms with E-state index in [0.717, 1.165) is 69.6 Å². The Morgan fingerprint density at radius 1 is 1.18 bits per heavy atom. The van der Waals surface area contributed by atoms with Gasteiger partial charge in [-0.15, -0.1) is 0 Å². The summed E-state index contributed by atoms with van der Waals surface area (Å²) in [7, 11) is 0. The van der Waals surface area contributed by atoms with Crippen LogP contribution in [-0.4, -0.2) is 63.4 Å². The zero-order valence-electron chi connectivity index (χ0n) is 19.8. The molecule has 5 N–H and O–H groups in total. The van der Waals surface area contributed by atoms with Crippen LogP contribution < -0.4 is 16.4 Å². The predicted molar refractivity (Wildman–Crippen MR) is 134 cm³/mol. The zero-order valence-corrected chi connectivity index (χ0v) is 19.8. The Morgan fingerprint density at radius 2 is 2.00 bits per heavy atom. The fraction of sp³-hybridized carbons (Fsp3) is 0.520. The highest BCUT2D eigenvalue weighted by Gasteiger charge is 2.16. The number of piperazine rings is 1. The summed E-state index contributed by atoms with van der Waals surface area (Å²) < 4.78 is 2.18. The lowest BCUT2D eigenvalue weighted by atomic mass is 10.0. The maximum absolute atomic E-state index is 9.86. The number of nitrogens with one attached hydrogen (secondary N) is 2. The summed E-state index contributed by atoms with van der Waals surface area (Å²) in [6.45, 7) is 10.4. The molecular formula is C25H37N7O. The summed E-state index contributed by atoms with van der Waals surface area (Å²) >= 11 is 0. The first-order chi connectivity index (χ1) is 16.1. The molecule has 0 spiro atoms. The van der Waals surface area contributed by atoms with E-state index < -0.39 is 0 Å². The summed E-state index contributed by atoms with van der Waals surface area (Å²) in [5.74, 6) is 0.927. The van der Waals surface area contributed by atoms with Crippen LogP contribution in [-0.2, 0) is 13.1 Å². The fourth-order valence-electron chi connectivity index (χ4n) is 4.51. The minimum atomic E-state index is -0.0603. The molecule has 3 heterocycles. The van der Waals surface area contributed by atoms with Gasteiger partial charge in [0.25, 0.3) is 0 Å². The molecule has 3 aromatic rings. The van der Waals surface area contributed by atoms with Gasteiger partial charge >= 0.3 is 0 Å². The molecule has 8 heteroatoms. The minimum Gasteiger partial charge on any atom is -0.394 e. The maximum atomic E-state index is 9.86. The van der Waals surface area contributed by atoms with Gasteiger partial charge in [0.15, 0.2) is 5.82 Å². The lowest BCUT2D eigenvalue weighted by Gasteiger charge is -2.27. The Hall–Kier alpha value is -2.68. The van der Waals surface area contributed by atoms with Crippen molar-refractivity contribution in [2.45, 2.75) is 52.2 Å². The Balaban J connectivity index is 1.60. The van der Waals surface area contributed by atoms with E-state index in [1.54, 1.807) is 0 Å². The van der Waals surface area contributed by atoms with Crippen LogP contribution in [0.2, 0.25) is 0 Å². The second-order valence-electron chi connectivity index (χ2n) is 9.06. The minimum absolute atomic E-state index is 0.0548. The quantitative estimate of drug-likeness (QED) is 0.376. The highest BCUT2D eigenvalue weighted by Crippen LogP contribution is 2.26. The highest BCUT2D eigenvalue weighted by molar-refractivity contribution is 5.87. The summed E-state index contributed by atoms with van der Waals surface area (Å²) in [6.07, 6.45) is 5.06. The van der Waals surface area contributed by atoms with Crippen LogP contribution in [0, 0.1) is 6.92 Å². The van der Waals surface area contributed by atoms with Gasteiger partial charge < -0.3 is 26.0 Å². The number of aliphatic hydroxyl groups is 1. The monoisotopic (exact) mass is 451 g/mol. The molecule has 1 fully saturated rings. The Kier molecular flexibility index (Phi) is 7.80. The molecule has 0 bridgehead atoms. The van der Waals surface area contributed by atoms with Gasteiger partial charge in [-0.2, -0.15) is 4.98 Å². The first-order valence-corrected chi connectivity index (χ1v) is 12.1. The van der Waals surface area contributed by atoms with Gasteiger partial charge in [-0.1, -0.05) is 38.0 Å². The SMILES string of the molecule is CCCC[C@@H](CO)Nc1nc(N)nc2ccn(Cc3cc(CN4CCNCC4)ccc3C)c12. The van der Waals surface area contributed by atoms with Crippen LogP contribution in [0.25, 0.3) is 11.0 Å². The maximum Gasteiger partial charge on any atom is 0.222 e. The van der Waals surface area contributed by atoms with Crippen LogP contribution in [0.5, 0.6) is 0 Å². The fourth-order valence-corrected chi connectivity index (χ4v) is 4.51. The zero-order chi connectivity index (χ0) is 23.2. The van der Waals surface area contributed by atoms with Gasteiger partial charge in [0.05, 0.1) is 18.2 Å². The van der Waals surface area contributed by atoms with Crippen molar-refractivity contribution in [3.05, 3.63) is 47.2 Å². The summed E-state index contributed by atoms with van der Waals surface area (Å²) in [5.41, 5.74) is 11.6. The number of rotatable bonds is 10. The molecule has 8 nitrogen and oxygen atoms in total. The number of nitrogens with two attached hydrogens (primary N) is 1. The molecule has 0 radical (unpaired) electrons. The molecule has 178 valence electrons. The third kappa shape index (κ3) is 5.82. The molecule has 1 saturated heterocycles. The van der Waals surface area contributed by atoms with E-state index in [0.29, 0.717) is 5.82 Å². The summed E-state index contributed by atoms with van der Waals surface area (Å²) in [6, 6.07) is 8.71. The smallest absolute Gasteiger partial charge is 0.222 e. The molecule has 0 saturated carbocycles. The number of aliphatic hydroxyl groups excluding tert-OH is 1. The summed E-state index contributed by atoms with van der Waals surface area (Å²) in [5, 5.41) is 16.7. The molecule has 1 aliphatic rings. The number of benzene rings is 1. The van der Waals surface area contributed by atoms with Gasteiger partial charge in [-0.05, 0) is 36.1 Å². The molecule has 1 aliphatic heterocycles. The molecule has 2 aromatic heterocycles. The Morgan fingerprint density at radius 3 is 2.76 bits per heavy atom. The average Bonchev–Trinajstić information content (AvgIpc) is 3.21. The number of anilines is 2. The summed E-state index contributed by atoms with van der Waals surface area (Å²) in [4.78, 5) is 11.4. The molecule has 1 atom stereocenters.